The second-order valence-corrected chi connectivity index (χ2v) is 5.64. The lowest BCUT2D eigenvalue weighted by Crippen LogP contribution is -2.32. The average molecular weight is 258 g/mol. The average Bonchev–Trinajstić information content (AvgIpc) is 2.79. The predicted molar refractivity (Wildman–Crippen MR) is 79.0 cm³/mol. The molecule has 3 nitrogen and oxygen atoms in total. The lowest BCUT2D eigenvalue weighted by atomic mass is 9.90. The van der Waals surface area contributed by atoms with E-state index < -0.39 is 0 Å². The van der Waals surface area contributed by atoms with E-state index in [0.29, 0.717) is 0 Å². The summed E-state index contributed by atoms with van der Waals surface area (Å²) in [5, 5.41) is 3.47. The summed E-state index contributed by atoms with van der Waals surface area (Å²) in [4.78, 5) is 0. The number of nitrogen functional groups attached to an aromatic ring is 1. The highest BCUT2D eigenvalue weighted by atomic mass is 16.3. The highest BCUT2D eigenvalue weighted by Gasteiger charge is 2.23. The fraction of sp³-hybridized carbons (Fsp3) is 0.375. The van der Waals surface area contributed by atoms with Gasteiger partial charge in [-0.25, -0.2) is 0 Å². The zero-order valence-corrected chi connectivity index (χ0v) is 11.9. The first kappa shape index (κ1) is 13.7. The Bertz CT molecular complexity index is 526. The number of benzene rings is 1. The van der Waals surface area contributed by atoms with Crippen molar-refractivity contribution in [1.29, 1.82) is 0 Å². The van der Waals surface area contributed by atoms with Crippen molar-refractivity contribution in [3.05, 3.63) is 53.5 Å². The molecule has 19 heavy (non-hydrogen) atoms. The fourth-order valence-electron chi connectivity index (χ4n) is 2.04. The quantitative estimate of drug-likeness (QED) is 0.809. The fourth-order valence-corrected chi connectivity index (χ4v) is 2.04. The summed E-state index contributed by atoms with van der Waals surface area (Å²) >= 11 is 0. The topological polar surface area (TPSA) is 51.2 Å². The lowest BCUT2D eigenvalue weighted by molar-refractivity contribution is 0.357. The second-order valence-electron chi connectivity index (χ2n) is 5.64. The molecule has 1 heterocycles. The van der Waals surface area contributed by atoms with Gasteiger partial charge in [-0.2, -0.15) is 0 Å². The zero-order valence-electron chi connectivity index (χ0n) is 11.9. The molecule has 0 bridgehead atoms. The van der Waals surface area contributed by atoms with Crippen molar-refractivity contribution in [2.24, 2.45) is 0 Å². The van der Waals surface area contributed by atoms with E-state index in [4.69, 9.17) is 10.2 Å². The first-order valence-electron chi connectivity index (χ1n) is 6.59. The monoisotopic (exact) mass is 258 g/mol. The molecule has 1 aromatic carbocycles. The van der Waals surface area contributed by atoms with Gasteiger partial charge in [-0.3, -0.25) is 0 Å². The van der Waals surface area contributed by atoms with Gasteiger partial charge in [0.05, 0.1) is 0 Å². The standard InChI is InChI=1S/C16H22N2O/c1-12-4-9-15(19-12)16(2,3)11-18-10-13-5-7-14(17)8-6-13/h4-9,18H,10-11,17H2,1-3H3. The number of rotatable bonds is 5. The molecule has 0 aliphatic carbocycles. The molecule has 0 spiro atoms. The molecule has 3 N–H and O–H groups in total. The van der Waals surface area contributed by atoms with Gasteiger partial charge in [-0.05, 0) is 36.8 Å². The molecule has 0 atom stereocenters. The van der Waals surface area contributed by atoms with Gasteiger partial charge in [0.2, 0.25) is 0 Å². The number of hydrogen-bond donors (Lipinski definition) is 2. The Hall–Kier alpha value is -1.74. The van der Waals surface area contributed by atoms with Gasteiger partial charge in [-0.15, -0.1) is 0 Å². The summed E-state index contributed by atoms with van der Waals surface area (Å²) in [5.41, 5.74) is 7.70. The SMILES string of the molecule is Cc1ccc(C(C)(C)CNCc2ccc(N)cc2)o1. The Morgan fingerprint density at radius 2 is 1.79 bits per heavy atom. The Balaban J connectivity index is 1.89. The van der Waals surface area contributed by atoms with E-state index in [9.17, 15) is 0 Å². The van der Waals surface area contributed by atoms with Crippen LogP contribution in [0.25, 0.3) is 0 Å². The number of hydrogen-bond acceptors (Lipinski definition) is 3. The zero-order chi connectivity index (χ0) is 13.9. The van der Waals surface area contributed by atoms with E-state index in [-0.39, 0.29) is 5.41 Å². The molecule has 0 aliphatic rings. The molecule has 0 saturated heterocycles. The number of anilines is 1. The number of aryl methyl sites for hydroxylation is 1. The predicted octanol–water partition coefficient (Wildman–Crippen LogP) is 3.24. The van der Waals surface area contributed by atoms with Crippen molar-refractivity contribution in [2.45, 2.75) is 32.7 Å². The van der Waals surface area contributed by atoms with Gasteiger partial charge >= 0.3 is 0 Å². The molecule has 1 aromatic heterocycles. The third-order valence-electron chi connectivity index (χ3n) is 3.28. The van der Waals surface area contributed by atoms with Crippen LogP contribution in [-0.4, -0.2) is 6.54 Å². The minimum absolute atomic E-state index is 0.0118. The van der Waals surface area contributed by atoms with Crippen LogP contribution >= 0.6 is 0 Å². The summed E-state index contributed by atoms with van der Waals surface area (Å²) in [5.74, 6) is 1.98. The van der Waals surface area contributed by atoms with E-state index in [0.717, 1.165) is 30.3 Å². The minimum atomic E-state index is -0.0118. The van der Waals surface area contributed by atoms with Crippen LogP contribution < -0.4 is 11.1 Å². The maximum absolute atomic E-state index is 5.71. The van der Waals surface area contributed by atoms with Crippen molar-refractivity contribution in [1.82, 2.24) is 5.32 Å². The number of nitrogens with one attached hydrogen (secondary N) is 1. The molecular formula is C16H22N2O. The molecule has 3 heteroatoms. The summed E-state index contributed by atoms with van der Waals surface area (Å²) in [6, 6.07) is 12.0. The number of nitrogens with two attached hydrogens (primary N) is 1. The molecule has 0 amide bonds. The van der Waals surface area contributed by atoms with Crippen molar-refractivity contribution in [3.63, 3.8) is 0 Å². The molecule has 0 radical (unpaired) electrons. The maximum Gasteiger partial charge on any atom is 0.111 e. The van der Waals surface area contributed by atoms with E-state index >= 15 is 0 Å². The smallest absolute Gasteiger partial charge is 0.111 e. The van der Waals surface area contributed by atoms with E-state index in [2.05, 4.69) is 25.2 Å². The van der Waals surface area contributed by atoms with Crippen LogP contribution in [0.1, 0.15) is 30.9 Å². The summed E-state index contributed by atoms with van der Waals surface area (Å²) in [6.45, 7) is 8.04. The van der Waals surface area contributed by atoms with Crippen LogP contribution in [-0.2, 0) is 12.0 Å². The first-order valence-corrected chi connectivity index (χ1v) is 6.59. The Kier molecular flexibility index (Phi) is 3.96. The van der Waals surface area contributed by atoms with E-state index in [1.54, 1.807) is 0 Å². The van der Waals surface area contributed by atoms with Crippen molar-refractivity contribution in [3.8, 4) is 0 Å². The van der Waals surface area contributed by atoms with Gasteiger partial charge in [0.15, 0.2) is 0 Å². The van der Waals surface area contributed by atoms with Gasteiger partial charge in [0.25, 0.3) is 0 Å². The Morgan fingerprint density at radius 3 is 2.37 bits per heavy atom. The van der Waals surface area contributed by atoms with Crippen LogP contribution in [0.5, 0.6) is 0 Å². The van der Waals surface area contributed by atoms with Crippen molar-refractivity contribution < 1.29 is 4.42 Å². The summed E-state index contributed by atoms with van der Waals surface area (Å²) in [7, 11) is 0. The van der Waals surface area contributed by atoms with Crippen LogP contribution in [0.15, 0.2) is 40.8 Å². The summed E-state index contributed by atoms with van der Waals surface area (Å²) < 4.78 is 5.71. The van der Waals surface area contributed by atoms with Crippen LogP contribution in [0, 0.1) is 6.92 Å². The maximum atomic E-state index is 5.71. The third-order valence-corrected chi connectivity index (χ3v) is 3.28. The van der Waals surface area contributed by atoms with Gasteiger partial charge in [0.1, 0.15) is 11.5 Å². The first-order chi connectivity index (χ1) is 8.97. The molecule has 0 fully saturated rings. The van der Waals surface area contributed by atoms with E-state index in [1.165, 1.54) is 5.56 Å². The molecule has 0 unspecified atom stereocenters. The van der Waals surface area contributed by atoms with Crippen molar-refractivity contribution >= 4 is 5.69 Å². The molecular weight excluding hydrogens is 236 g/mol. The van der Waals surface area contributed by atoms with Crippen LogP contribution in [0.4, 0.5) is 5.69 Å². The van der Waals surface area contributed by atoms with Crippen LogP contribution in [0.3, 0.4) is 0 Å². The van der Waals surface area contributed by atoms with Crippen molar-refractivity contribution in [2.75, 3.05) is 12.3 Å². The molecule has 102 valence electrons. The third kappa shape index (κ3) is 3.61. The van der Waals surface area contributed by atoms with Gasteiger partial charge < -0.3 is 15.5 Å². The largest absolute Gasteiger partial charge is 0.466 e. The molecule has 2 rings (SSSR count). The lowest BCUT2D eigenvalue weighted by Gasteiger charge is -2.22. The normalized spacial score (nSPS) is 11.7. The van der Waals surface area contributed by atoms with Gasteiger partial charge in [0, 0.05) is 24.2 Å². The summed E-state index contributed by atoms with van der Waals surface area (Å²) in [6.07, 6.45) is 0. The Morgan fingerprint density at radius 1 is 1.11 bits per heavy atom. The van der Waals surface area contributed by atoms with Crippen LogP contribution in [0.2, 0.25) is 0 Å². The second kappa shape index (κ2) is 5.49. The highest BCUT2D eigenvalue weighted by Crippen LogP contribution is 2.24. The highest BCUT2D eigenvalue weighted by molar-refractivity contribution is 5.39. The number of furan rings is 1. The van der Waals surface area contributed by atoms with E-state index in [1.807, 2.05) is 37.3 Å². The van der Waals surface area contributed by atoms with Gasteiger partial charge in [-0.1, -0.05) is 26.0 Å². The minimum Gasteiger partial charge on any atom is -0.466 e. The Labute approximate surface area is 114 Å². The molecule has 2 aromatic rings. The molecule has 0 saturated carbocycles. The molecule has 0 aliphatic heterocycles.